The second-order valence-corrected chi connectivity index (χ2v) is 5.57. The van der Waals surface area contributed by atoms with Crippen molar-refractivity contribution in [1.82, 2.24) is 10.2 Å². The zero-order valence-electron chi connectivity index (χ0n) is 12.5. The first-order valence-corrected chi connectivity index (χ1v) is 7.17. The van der Waals surface area contributed by atoms with Crippen LogP contribution in [-0.4, -0.2) is 63.0 Å². The molecule has 4 heteroatoms. The molecule has 0 saturated carbocycles. The average molecular weight is 258 g/mol. The van der Waals surface area contributed by atoms with Crippen molar-refractivity contribution in [3.05, 3.63) is 0 Å². The van der Waals surface area contributed by atoms with Crippen molar-refractivity contribution < 1.29 is 9.47 Å². The van der Waals surface area contributed by atoms with E-state index in [1.807, 2.05) is 0 Å². The number of hydrogen-bond acceptors (Lipinski definition) is 4. The van der Waals surface area contributed by atoms with E-state index in [0.717, 1.165) is 32.7 Å². The Morgan fingerprint density at radius 2 is 2.11 bits per heavy atom. The smallest absolute Gasteiger partial charge is 0.0700 e. The highest BCUT2D eigenvalue weighted by atomic mass is 16.5. The molecule has 0 aliphatic carbocycles. The summed E-state index contributed by atoms with van der Waals surface area (Å²) in [5.74, 6) is 0. The molecule has 0 aromatic heterocycles. The zero-order valence-corrected chi connectivity index (χ0v) is 12.5. The molecule has 0 amide bonds. The molecule has 0 aromatic carbocycles. The van der Waals surface area contributed by atoms with Crippen LogP contribution in [0.25, 0.3) is 0 Å². The van der Waals surface area contributed by atoms with Crippen LogP contribution in [-0.2, 0) is 9.47 Å². The summed E-state index contributed by atoms with van der Waals surface area (Å²) in [7, 11) is 1.71. The fourth-order valence-electron chi connectivity index (χ4n) is 2.33. The quantitative estimate of drug-likeness (QED) is 0.669. The van der Waals surface area contributed by atoms with E-state index < -0.39 is 0 Å². The van der Waals surface area contributed by atoms with Crippen molar-refractivity contribution >= 4 is 0 Å². The summed E-state index contributed by atoms with van der Waals surface area (Å²) >= 11 is 0. The van der Waals surface area contributed by atoms with Gasteiger partial charge in [0.1, 0.15) is 0 Å². The minimum atomic E-state index is 0.281. The minimum Gasteiger partial charge on any atom is -0.382 e. The van der Waals surface area contributed by atoms with Crippen LogP contribution in [0.2, 0.25) is 0 Å². The van der Waals surface area contributed by atoms with E-state index in [-0.39, 0.29) is 5.54 Å². The Morgan fingerprint density at radius 1 is 1.33 bits per heavy atom. The third-order valence-electron chi connectivity index (χ3n) is 3.95. The van der Waals surface area contributed by atoms with Crippen molar-refractivity contribution in [2.75, 3.05) is 46.6 Å². The summed E-state index contributed by atoms with van der Waals surface area (Å²) in [6.45, 7) is 12.5. The highest BCUT2D eigenvalue weighted by molar-refractivity contribution is 4.92. The van der Waals surface area contributed by atoms with Crippen LogP contribution in [0, 0.1) is 0 Å². The van der Waals surface area contributed by atoms with Gasteiger partial charge in [-0.2, -0.15) is 0 Å². The van der Waals surface area contributed by atoms with E-state index in [1.165, 1.54) is 6.42 Å². The Morgan fingerprint density at radius 3 is 2.78 bits per heavy atom. The molecule has 18 heavy (non-hydrogen) atoms. The first-order valence-electron chi connectivity index (χ1n) is 7.17. The molecule has 1 heterocycles. The summed E-state index contributed by atoms with van der Waals surface area (Å²) in [6.07, 6.45) is 2.29. The third kappa shape index (κ3) is 5.22. The molecule has 1 rings (SSSR count). The fourth-order valence-corrected chi connectivity index (χ4v) is 2.33. The van der Waals surface area contributed by atoms with Crippen molar-refractivity contribution in [2.45, 2.75) is 45.2 Å². The summed E-state index contributed by atoms with van der Waals surface area (Å²) in [6, 6.07) is 0.628. The van der Waals surface area contributed by atoms with Gasteiger partial charge < -0.3 is 14.8 Å². The Labute approximate surface area is 112 Å². The van der Waals surface area contributed by atoms with Crippen molar-refractivity contribution in [1.29, 1.82) is 0 Å². The molecular weight excluding hydrogens is 228 g/mol. The molecule has 0 bridgehead atoms. The van der Waals surface area contributed by atoms with E-state index in [1.54, 1.807) is 7.11 Å². The molecule has 1 N–H and O–H groups in total. The molecule has 0 spiro atoms. The SMILES string of the molecule is CCC1(C)CN(CCCOCCOC)C(C)CN1. The molecule has 1 aliphatic heterocycles. The number of nitrogens with zero attached hydrogens (tertiary/aromatic N) is 1. The summed E-state index contributed by atoms with van der Waals surface area (Å²) in [5.41, 5.74) is 0.281. The Kier molecular flexibility index (Phi) is 7.15. The van der Waals surface area contributed by atoms with Crippen LogP contribution in [0.4, 0.5) is 0 Å². The number of methoxy groups -OCH3 is 1. The molecule has 0 aromatic rings. The molecule has 1 fully saturated rings. The third-order valence-corrected chi connectivity index (χ3v) is 3.95. The van der Waals surface area contributed by atoms with Gasteiger partial charge >= 0.3 is 0 Å². The molecule has 2 atom stereocenters. The molecule has 0 radical (unpaired) electrons. The van der Waals surface area contributed by atoms with Crippen LogP contribution in [0.5, 0.6) is 0 Å². The molecule has 1 saturated heterocycles. The van der Waals surface area contributed by atoms with E-state index in [2.05, 4.69) is 31.0 Å². The number of rotatable bonds is 8. The average Bonchev–Trinajstić information content (AvgIpc) is 2.38. The normalized spacial score (nSPS) is 29.7. The summed E-state index contributed by atoms with van der Waals surface area (Å²) in [4.78, 5) is 2.58. The molecule has 2 unspecified atom stereocenters. The second kappa shape index (κ2) is 8.10. The molecule has 4 nitrogen and oxygen atoms in total. The first kappa shape index (κ1) is 15.9. The highest BCUT2D eigenvalue weighted by Gasteiger charge is 2.31. The number of hydrogen-bond donors (Lipinski definition) is 1. The van der Waals surface area contributed by atoms with Crippen LogP contribution in [0.15, 0.2) is 0 Å². The van der Waals surface area contributed by atoms with Crippen molar-refractivity contribution in [2.24, 2.45) is 0 Å². The largest absolute Gasteiger partial charge is 0.382 e. The van der Waals surface area contributed by atoms with Gasteiger partial charge in [-0.1, -0.05) is 6.92 Å². The molecular formula is C14H30N2O2. The van der Waals surface area contributed by atoms with E-state index in [0.29, 0.717) is 19.3 Å². The van der Waals surface area contributed by atoms with Gasteiger partial charge in [0.05, 0.1) is 13.2 Å². The van der Waals surface area contributed by atoms with Gasteiger partial charge in [-0.15, -0.1) is 0 Å². The van der Waals surface area contributed by atoms with Crippen molar-refractivity contribution in [3.8, 4) is 0 Å². The van der Waals surface area contributed by atoms with Gasteiger partial charge in [0.25, 0.3) is 0 Å². The number of ether oxygens (including phenoxy) is 2. The second-order valence-electron chi connectivity index (χ2n) is 5.57. The van der Waals surface area contributed by atoms with Crippen LogP contribution >= 0.6 is 0 Å². The van der Waals surface area contributed by atoms with E-state index in [9.17, 15) is 0 Å². The van der Waals surface area contributed by atoms with Crippen LogP contribution in [0.3, 0.4) is 0 Å². The lowest BCUT2D eigenvalue weighted by Crippen LogP contribution is -2.62. The first-order chi connectivity index (χ1) is 8.61. The lowest BCUT2D eigenvalue weighted by molar-refractivity contribution is 0.0516. The maximum atomic E-state index is 5.51. The lowest BCUT2D eigenvalue weighted by Gasteiger charge is -2.45. The van der Waals surface area contributed by atoms with Crippen LogP contribution < -0.4 is 5.32 Å². The standard InChI is InChI=1S/C14H30N2O2/c1-5-14(3)12-16(13(2)11-15-14)7-6-8-18-10-9-17-4/h13,15H,5-12H2,1-4H3. The van der Waals surface area contributed by atoms with Crippen LogP contribution in [0.1, 0.15) is 33.6 Å². The van der Waals surface area contributed by atoms with Crippen molar-refractivity contribution in [3.63, 3.8) is 0 Å². The number of piperazine rings is 1. The van der Waals surface area contributed by atoms with Gasteiger partial charge in [0, 0.05) is 44.9 Å². The predicted molar refractivity (Wildman–Crippen MR) is 75.0 cm³/mol. The van der Waals surface area contributed by atoms with Gasteiger partial charge in [0.2, 0.25) is 0 Å². The maximum absolute atomic E-state index is 5.51. The van der Waals surface area contributed by atoms with Gasteiger partial charge in [0.15, 0.2) is 0 Å². The fraction of sp³-hybridized carbons (Fsp3) is 1.00. The lowest BCUT2D eigenvalue weighted by atomic mass is 9.94. The maximum Gasteiger partial charge on any atom is 0.0700 e. The topological polar surface area (TPSA) is 33.7 Å². The summed E-state index contributed by atoms with van der Waals surface area (Å²) < 4.78 is 10.5. The summed E-state index contributed by atoms with van der Waals surface area (Å²) in [5, 5.41) is 3.65. The Balaban J connectivity index is 2.19. The molecule has 1 aliphatic rings. The van der Waals surface area contributed by atoms with Gasteiger partial charge in [-0.05, 0) is 26.7 Å². The Hall–Kier alpha value is -0.160. The zero-order chi connectivity index (χ0) is 13.4. The monoisotopic (exact) mass is 258 g/mol. The predicted octanol–water partition coefficient (Wildman–Crippen LogP) is 1.50. The Bertz CT molecular complexity index is 226. The van der Waals surface area contributed by atoms with Gasteiger partial charge in [-0.25, -0.2) is 0 Å². The highest BCUT2D eigenvalue weighted by Crippen LogP contribution is 2.18. The number of nitrogens with one attached hydrogen (secondary N) is 1. The van der Waals surface area contributed by atoms with E-state index in [4.69, 9.17) is 9.47 Å². The van der Waals surface area contributed by atoms with E-state index >= 15 is 0 Å². The minimum absolute atomic E-state index is 0.281. The molecule has 108 valence electrons. The van der Waals surface area contributed by atoms with Gasteiger partial charge in [-0.3, -0.25) is 4.90 Å².